The zero-order chi connectivity index (χ0) is 25.0. The van der Waals surface area contributed by atoms with Crippen LogP contribution in [0, 0.1) is 0 Å². The van der Waals surface area contributed by atoms with Gasteiger partial charge in [-0.2, -0.15) is 0 Å². The van der Waals surface area contributed by atoms with Crippen molar-refractivity contribution in [2.45, 2.75) is 26.0 Å². The fraction of sp³-hybridized carbons (Fsp3) is 0.143. The van der Waals surface area contributed by atoms with E-state index >= 15 is 0 Å². The second-order valence-electron chi connectivity index (χ2n) is 9.01. The smallest absolute Gasteiger partial charge is 1.00 e. The molecule has 1 aromatic heterocycles. The minimum Gasteiger partial charge on any atom is -1.00 e. The molecule has 2 aliphatic rings. The van der Waals surface area contributed by atoms with E-state index in [2.05, 4.69) is 0 Å². The van der Waals surface area contributed by atoms with E-state index in [1.165, 1.54) is 12.1 Å². The first kappa shape index (κ1) is 25.9. The van der Waals surface area contributed by atoms with Gasteiger partial charge in [0.1, 0.15) is 5.75 Å². The minimum absolute atomic E-state index is 0. The van der Waals surface area contributed by atoms with Crippen LogP contribution in [0.25, 0.3) is 0 Å². The van der Waals surface area contributed by atoms with Gasteiger partial charge in [0.05, 0.1) is 23.3 Å². The van der Waals surface area contributed by atoms with E-state index in [0.29, 0.717) is 17.7 Å². The van der Waals surface area contributed by atoms with Crippen LogP contribution in [0.5, 0.6) is 5.75 Å². The van der Waals surface area contributed by atoms with Crippen LogP contribution in [0.4, 0.5) is 0 Å². The van der Waals surface area contributed by atoms with E-state index in [9.17, 15) is 19.0 Å². The van der Waals surface area contributed by atoms with Crippen LogP contribution in [0.1, 0.15) is 68.5 Å². The zero-order valence-corrected chi connectivity index (χ0v) is 23.3. The molecule has 182 valence electrons. The standard InChI is InChI=1S/C28H22NO6P.Na.H/c1-17-20-11-6-5-10-19(20)14-29-15-22-25(26(17)29)27(30)21-12-7-13-23(24(21)28(22)31)35-36(32,33)34-16-18-8-3-2-4-9-18;;/h2-13,15,17H,14,16H2,1H3,(H,32,33);;/q;+1;-1. The van der Waals surface area contributed by atoms with Crippen LogP contribution < -0.4 is 34.1 Å². The number of nitrogens with zero attached hydrogens (tertiary/aromatic N) is 1. The molecule has 1 N–H and O–H groups in total. The summed E-state index contributed by atoms with van der Waals surface area (Å²) >= 11 is 0. The maximum Gasteiger partial charge on any atom is 1.00 e. The van der Waals surface area contributed by atoms with Crippen molar-refractivity contribution in [2.75, 3.05) is 0 Å². The molecule has 1 aliphatic carbocycles. The number of benzene rings is 3. The van der Waals surface area contributed by atoms with Crippen LogP contribution >= 0.6 is 7.82 Å². The van der Waals surface area contributed by atoms with Crippen molar-refractivity contribution in [1.82, 2.24) is 4.57 Å². The van der Waals surface area contributed by atoms with Crippen molar-refractivity contribution >= 4 is 19.4 Å². The van der Waals surface area contributed by atoms with Gasteiger partial charge in [0.2, 0.25) is 0 Å². The Morgan fingerprint density at radius 1 is 0.946 bits per heavy atom. The van der Waals surface area contributed by atoms with Gasteiger partial charge in [0, 0.05) is 29.9 Å². The molecule has 2 atom stereocenters. The average Bonchev–Trinajstić information content (AvgIpc) is 3.27. The van der Waals surface area contributed by atoms with E-state index in [0.717, 1.165) is 16.8 Å². The van der Waals surface area contributed by atoms with Gasteiger partial charge in [-0.05, 0) is 22.8 Å². The van der Waals surface area contributed by atoms with E-state index in [1.54, 1.807) is 36.5 Å². The molecule has 2 unspecified atom stereocenters. The van der Waals surface area contributed by atoms with Gasteiger partial charge < -0.3 is 10.5 Å². The first-order valence-corrected chi connectivity index (χ1v) is 13.1. The second kappa shape index (κ2) is 9.84. The van der Waals surface area contributed by atoms with Crippen LogP contribution in [0.2, 0.25) is 0 Å². The minimum atomic E-state index is -4.58. The first-order chi connectivity index (χ1) is 17.3. The third-order valence-electron chi connectivity index (χ3n) is 6.81. The van der Waals surface area contributed by atoms with Crippen LogP contribution in [0.15, 0.2) is 79.0 Å². The van der Waals surface area contributed by atoms with Crippen molar-refractivity contribution in [1.29, 1.82) is 0 Å². The maximum atomic E-state index is 13.7. The Kier molecular flexibility index (Phi) is 6.88. The monoisotopic (exact) mass is 523 g/mol. The molecule has 0 saturated heterocycles. The Balaban J connectivity index is 0.00000168. The summed E-state index contributed by atoms with van der Waals surface area (Å²) in [6, 6.07) is 21.4. The Morgan fingerprint density at radius 2 is 1.65 bits per heavy atom. The quantitative estimate of drug-likeness (QED) is 0.281. The fourth-order valence-corrected chi connectivity index (χ4v) is 5.96. The van der Waals surface area contributed by atoms with Crippen molar-refractivity contribution in [3.63, 3.8) is 0 Å². The summed E-state index contributed by atoms with van der Waals surface area (Å²) in [5.74, 6) is -0.948. The molecule has 0 amide bonds. The number of aromatic nitrogens is 1. The summed E-state index contributed by atoms with van der Waals surface area (Å²) in [7, 11) is -4.58. The van der Waals surface area contributed by atoms with Gasteiger partial charge in [-0.3, -0.25) is 19.0 Å². The maximum absolute atomic E-state index is 13.7. The summed E-state index contributed by atoms with van der Waals surface area (Å²) in [5, 5.41) is 0. The van der Waals surface area contributed by atoms with Crippen LogP contribution in [-0.2, 0) is 22.2 Å². The predicted molar refractivity (Wildman–Crippen MR) is 134 cm³/mol. The number of phosphoric acid groups is 1. The third kappa shape index (κ3) is 4.46. The molecule has 9 heteroatoms. The van der Waals surface area contributed by atoms with Gasteiger partial charge in [-0.1, -0.05) is 73.7 Å². The van der Waals surface area contributed by atoms with Crippen molar-refractivity contribution in [3.05, 3.63) is 124 Å². The average molecular weight is 523 g/mol. The van der Waals surface area contributed by atoms with Crippen molar-refractivity contribution in [3.8, 4) is 5.75 Å². The molecule has 6 rings (SSSR count). The molecule has 4 aromatic rings. The molecule has 0 bridgehead atoms. The van der Waals surface area contributed by atoms with Gasteiger partial charge in [0.15, 0.2) is 11.6 Å². The summed E-state index contributed by atoms with van der Waals surface area (Å²) < 4.78 is 25.2. The van der Waals surface area contributed by atoms with E-state index in [1.807, 2.05) is 41.8 Å². The third-order valence-corrected chi connectivity index (χ3v) is 7.70. The van der Waals surface area contributed by atoms with Gasteiger partial charge in [0.25, 0.3) is 0 Å². The number of hydrogen-bond donors (Lipinski definition) is 1. The predicted octanol–water partition coefficient (Wildman–Crippen LogP) is 2.59. The Hall–Kier alpha value is -2.77. The summed E-state index contributed by atoms with van der Waals surface area (Å²) in [6.07, 6.45) is 1.71. The number of rotatable bonds is 5. The molecule has 0 fully saturated rings. The topological polar surface area (TPSA) is 94.8 Å². The SMILES string of the molecule is CC1c2ccccc2Cn2cc3c(c21)C(=O)c1cccc(OP(=O)(O)OCc2ccccc2)c1C3=O.[H-].[Na+]. The molecule has 1 aliphatic heterocycles. The van der Waals surface area contributed by atoms with Gasteiger partial charge in [-0.25, -0.2) is 4.57 Å². The van der Waals surface area contributed by atoms with E-state index < -0.39 is 13.6 Å². The molecular weight excluding hydrogens is 500 g/mol. The molecular formula is C28H23NNaO6P. The molecule has 2 heterocycles. The number of carbonyl (C=O) groups excluding carboxylic acids is 2. The van der Waals surface area contributed by atoms with Gasteiger partial charge in [-0.15, -0.1) is 0 Å². The van der Waals surface area contributed by atoms with Crippen molar-refractivity contribution < 1.29 is 59.1 Å². The Labute approximate surface area is 237 Å². The molecule has 37 heavy (non-hydrogen) atoms. The van der Waals surface area contributed by atoms with Gasteiger partial charge >= 0.3 is 37.4 Å². The number of carbonyl (C=O) groups is 2. The van der Waals surface area contributed by atoms with E-state index in [-0.39, 0.29) is 71.7 Å². The molecule has 0 saturated carbocycles. The molecule has 0 spiro atoms. The zero-order valence-electron chi connectivity index (χ0n) is 21.4. The Morgan fingerprint density at radius 3 is 2.43 bits per heavy atom. The molecule has 0 radical (unpaired) electrons. The number of hydrogen-bond acceptors (Lipinski definition) is 5. The largest absolute Gasteiger partial charge is 1.00 e. The van der Waals surface area contributed by atoms with Crippen molar-refractivity contribution in [2.24, 2.45) is 0 Å². The van der Waals surface area contributed by atoms with E-state index in [4.69, 9.17) is 9.05 Å². The summed E-state index contributed by atoms with van der Waals surface area (Å²) in [5.41, 5.74) is 4.55. The number of ketones is 2. The summed E-state index contributed by atoms with van der Waals surface area (Å²) in [4.78, 5) is 37.7. The first-order valence-electron chi connectivity index (χ1n) is 11.6. The number of fused-ring (bicyclic) bond motifs is 5. The van der Waals surface area contributed by atoms with Crippen LogP contribution in [-0.4, -0.2) is 21.0 Å². The second-order valence-corrected chi connectivity index (χ2v) is 10.4. The fourth-order valence-electron chi connectivity index (χ4n) is 5.19. The normalized spacial score (nSPS) is 17.0. The van der Waals surface area contributed by atoms with Crippen LogP contribution in [0.3, 0.4) is 0 Å². The molecule has 7 nitrogen and oxygen atoms in total. The Bertz CT molecular complexity index is 1600. The summed E-state index contributed by atoms with van der Waals surface area (Å²) in [6.45, 7) is 2.44. The molecule has 3 aromatic carbocycles. The number of phosphoric ester groups is 1.